The standard InChI is InChI=1S/C16H25FN2O/c1-16(2,3)12(9-10-18)7-8-15(20)19-14-6-4-5-13(17)11-14/h4-6,11-12H,7-10,18H2,1-3H3,(H,19,20). The Balaban J connectivity index is 2.50. The Bertz CT molecular complexity index is 440. The van der Waals surface area contributed by atoms with Gasteiger partial charge in [-0.25, -0.2) is 4.39 Å². The molecule has 112 valence electrons. The van der Waals surface area contributed by atoms with Crippen LogP contribution < -0.4 is 11.1 Å². The lowest BCUT2D eigenvalue weighted by molar-refractivity contribution is -0.116. The van der Waals surface area contributed by atoms with Gasteiger partial charge in [-0.2, -0.15) is 0 Å². The lowest BCUT2D eigenvalue weighted by Crippen LogP contribution is -2.25. The molecule has 1 rings (SSSR count). The topological polar surface area (TPSA) is 55.1 Å². The third-order valence-corrected chi connectivity index (χ3v) is 3.57. The lowest BCUT2D eigenvalue weighted by Gasteiger charge is -2.30. The van der Waals surface area contributed by atoms with Gasteiger partial charge in [0.05, 0.1) is 0 Å². The van der Waals surface area contributed by atoms with Gasteiger partial charge in [-0.05, 0) is 48.9 Å². The summed E-state index contributed by atoms with van der Waals surface area (Å²) in [5.41, 5.74) is 6.27. The van der Waals surface area contributed by atoms with Crippen molar-refractivity contribution in [3.8, 4) is 0 Å². The Morgan fingerprint density at radius 2 is 2.05 bits per heavy atom. The second kappa shape index (κ2) is 7.39. The summed E-state index contributed by atoms with van der Waals surface area (Å²) < 4.78 is 13.0. The number of nitrogens with two attached hydrogens (primary N) is 1. The Kier molecular flexibility index (Phi) is 6.14. The molecule has 0 aliphatic heterocycles. The van der Waals surface area contributed by atoms with Crippen molar-refractivity contribution in [2.45, 2.75) is 40.0 Å². The fraction of sp³-hybridized carbons (Fsp3) is 0.562. The summed E-state index contributed by atoms with van der Waals surface area (Å²) in [6.45, 7) is 7.13. The van der Waals surface area contributed by atoms with Crippen molar-refractivity contribution >= 4 is 11.6 Å². The average molecular weight is 280 g/mol. The highest BCUT2D eigenvalue weighted by molar-refractivity contribution is 5.90. The fourth-order valence-electron chi connectivity index (χ4n) is 2.31. The summed E-state index contributed by atoms with van der Waals surface area (Å²) in [5, 5.41) is 2.72. The minimum Gasteiger partial charge on any atom is -0.330 e. The van der Waals surface area contributed by atoms with Crippen molar-refractivity contribution in [3.63, 3.8) is 0 Å². The number of carbonyl (C=O) groups excluding carboxylic acids is 1. The minimum atomic E-state index is -0.349. The molecule has 1 unspecified atom stereocenters. The van der Waals surface area contributed by atoms with E-state index in [1.807, 2.05) is 0 Å². The second-order valence-electron chi connectivity index (χ2n) is 6.24. The van der Waals surface area contributed by atoms with Crippen molar-refractivity contribution in [3.05, 3.63) is 30.1 Å². The molecule has 0 radical (unpaired) electrons. The molecule has 0 spiro atoms. The first kappa shape index (κ1) is 16.6. The van der Waals surface area contributed by atoms with Crippen LogP contribution in [0.25, 0.3) is 0 Å². The van der Waals surface area contributed by atoms with E-state index < -0.39 is 0 Å². The molecule has 0 heterocycles. The maximum atomic E-state index is 13.0. The molecule has 20 heavy (non-hydrogen) atoms. The van der Waals surface area contributed by atoms with E-state index in [0.717, 1.165) is 12.8 Å². The number of hydrogen-bond donors (Lipinski definition) is 2. The van der Waals surface area contributed by atoms with Gasteiger partial charge in [0.15, 0.2) is 0 Å². The Morgan fingerprint density at radius 3 is 2.60 bits per heavy atom. The number of anilines is 1. The van der Waals surface area contributed by atoms with Crippen LogP contribution in [0, 0.1) is 17.2 Å². The molecule has 3 N–H and O–H groups in total. The highest BCUT2D eigenvalue weighted by Gasteiger charge is 2.24. The van der Waals surface area contributed by atoms with Gasteiger partial charge in [0.25, 0.3) is 0 Å². The Morgan fingerprint density at radius 1 is 1.35 bits per heavy atom. The van der Waals surface area contributed by atoms with Crippen LogP contribution >= 0.6 is 0 Å². The van der Waals surface area contributed by atoms with Gasteiger partial charge in [0, 0.05) is 12.1 Å². The van der Waals surface area contributed by atoms with E-state index in [1.54, 1.807) is 12.1 Å². The fourth-order valence-corrected chi connectivity index (χ4v) is 2.31. The third-order valence-electron chi connectivity index (χ3n) is 3.57. The van der Waals surface area contributed by atoms with Crippen molar-refractivity contribution < 1.29 is 9.18 Å². The van der Waals surface area contributed by atoms with E-state index in [-0.39, 0.29) is 17.1 Å². The predicted molar refractivity (Wildman–Crippen MR) is 80.9 cm³/mol. The SMILES string of the molecule is CC(C)(C)C(CCN)CCC(=O)Nc1cccc(F)c1. The van der Waals surface area contributed by atoms with Crippen molar-refractivity contribution in [1.29, 1.82) is 0 Å². The number of hydrogen-bond acceptors (Lipinski definition) is 2. The van der Waals surface area contributed by atoms with Gasteiger partial charge in [0.1, 0.15) is 5.82 Å². The zero-order valence-electron chi connectivity index (χ0n) is 12.6. The molecule has 1 aromatic carbocycles. The zero-order valence-corrected chi connectivity index (χ0v) is 12.6. The highest BCUT2D eigenvalue weighted by Crippen LogP contribution is 2.32. The van der Waals surface area contributed by atoms with E-state index in [0.29, 0.717) is 24.6 Å². The lowest BCUT2D eigenvalue weighted by atomic mass is 9.76. The maximum absolute atomic E-state index is 13.0. The van der Waals surface area contributed by atoms with Crippen LogP contribution in [-0.4, -0.2) is 12.5 Å². The summed E-state index contributed by atoms with van der Waals surface area (Å²) >= 11 is 0. The molecule has 4 heteroatoms. The molecule has 0 saturated heterocycles. The minimum absolute atomic E-state index is 0.0816. The Hall–Kier alpha value is -1.42. The molecule has 0 fully saturated rings. The van der Waals surface area contributed by atoms with E-state index in [9.17, 15) is 9.18 Å². The molecular weight excluding hydrogens is 255 g/mol. The average Bonchev–Trinajstić information content (AvgIpc) is 2.33. The van der Waals surface area contributed by atoms with Gasteiger partial charge >= 0.3 is 0 Å². The largest absolute Gasteiger partial charge is 0.330 e. The highest BCUT2D eigenvalue weighted by atomic mass is 19.1. The molecule has 0 saturated carbocycles. The summed E-state index contributed by atoms with van der Waals surface area (Å²) in [6, 6.07) is 5.94. The summed E-state index contributed by atoms with van der Waals surface area (Å²) in [4.78, 5) is 11.9. The molecule has 1 aromatic rings. The zero-order chi connectivity index (χ0) is 15.2. The number of rotatable bonds is 6. The van der Waals surface area contributed by atoms with Crippen LogP contribution in [0.4, 0.5) is 10.1 Å². The monoisotopic (exact) mass is 280 g/mol. The number of carbonyl (C=O) groups is 1. The molecule has 1 atom stereocenters. The summed E-state index contributed by atoms with van der Waals surface area (Å²) in [6.07, 6.45) is 2.14. The first-order valence-electron chi connectivity index (χ1n) is 7.08. The predicted octanol–water partition coefficient (Wildman–Crippen LogP) is 3.56. The van der Waals surface area contributed by atoms with Crippen molar-refractivity contribution in [2.24, 2.45) is 17.1 Å². The van der Waals surface area contributed by atoms with E-state index in [4.69, 9.17) is 5.73 Å². The first-order chi connectivity index (χ1) is 9.32. The van der Waals surface area contributed by atoms with E-state index in [1.165, 1.54) is 12.1 Å². The van der Waals surface area contributed by atoms with Gasteiger partial charge in [0.2, 0.25) is 5.91 Å². The van der Waals surface area contributed by atoms with Crippen LogP contribution in [0.5, 0.6) is 0 Å². The van der Waals surface area contributed by atoms with Crippen LogP contribution in [0.1, 0.15) is 40.0 Å². The maximum Gasteiger partial charge on any atom is 0.224 e. The summed E-state index contributed by atoms with van der Waals surface area (Å²) in [7, 11) is 0. The van der Waals surface area contributed by atoms with E-state index >= 15 is 0 Å². The van der Waals surface area contributed by atoms with E-state index in [2.05, 4.69) is 26.1 Å². The molecule has 0 aromatic heterocycles. The van der Waals surface area contributed by atoms with Crippen LogP contribution in [-0.2, 0) is 4.79 Å². The van der Waals surface area contributed by atoms with Gasteiger partial charge in [-0.15, -0.1) is 0 Å². The normalized spacial score (nSPS) is 13.1. The Labute approximate surface area is 120 Å². The second-order valence-corrected chi connectivity index (χ2v) is 6.24. The molecule has 3 nitrogen and oxygen atoms in total. The third kappa shape index (κ3) is 5.70. The van der Waals surface area contributed by atoms with Crippen molar-refractivity contribution in [2.75, 3.05) is 11.9 Å². The van der Waals surface area contributed by atoms with Gasteiger partial charge < -0.3 is 11.1 Å². The first-order valence-corrected chi connectivity index (χ1v) is 7.08. The molecule has 0 aliphatic carbocycles. The number of benzene rings is 1. The number of halogens is 1. The van der Waals surface area contributed by atoms with Gasteiger partial charge in [-0.3, -0.25) is 4.79 Å². The summed E-state index contributed by atoms with van der Waals surface area (Å²) in [5.74, 6) is -0.0221. The number of amides is 1. The van der Waals surface area contributed by atoms with Gasteiger partial charge in [-0.1, -0.05) is 26.8 Å². The van der Waals surface area contributed by atoms with Crippen LogP contribution in [0.15, 0.2) is 24.3 Å². The smallest absolute Gasteiger partial charge is 0.224 e. The quantitative estimate of drug-likeness (QED) is 0.837. The molecule has 0 aliphatic rings. The molecule has 1 amide bonds. The van der Waals surface area contributed by atoms with Crippen LogP contribution in [0.2, 0.25) is 0 Å². The number of nitrogens with one attached hydrogen (secondary N) is 1. The molecular formula is C16H25FN2O. The molecule has 0 bridgehead atoms. The van der Waals surface area contributed by atoms with Crippen molar-refractivity contribution in [1.82, 2.24) is 0 Å². The van der Waals surface area contributed by atoms with Crippen LogP contribution in [0.3, 0.4) is 0 Å².